The second-order valence-corrected chi connectivity index (χ2v) is 7.68. The van der Waals surface area contributed by atoms with E-state index >= 15 is 0 Å². The molecule has 11 heteroatoms. The largest absolute Gasteiger partial charge is 0.433 e. The number of hydrogen-bond donors (Lipinski definition) is 2. The summed E-state index contributed by atoms with van der Waals surface area (Å²) in [5.41, 5.74) is -0.138. The molecule has 0 aliphatic rings. The summed E-state index contributed by atoms with van der Waals surface area (Å²) in [6.07, 6.45) is -2.32. The summed E-state index contributed by atoms with van der Waals surface area (Å²) in [5.74, 6) is -0.910. The van der Waals surface area contributed by atoms with E-state index in [1.165, 1.54) is 30.6 Å². The van der Waals surface area contributed by atoms with E-state index in [-0.39, 0.29) is 23.5 Å². The van der Waals surface area contributed by atoms with Crippen LogP contribution in [0.25, 0.3) is 10.1 Å². The van der Waals surface area contributed by atoms with Crippen LogP contribution in [0.2, 0.25) is 0 Å². The molecule has 0 unspecified atom stereocenters. The molecule has 32 heavy (non-hydrogen) atoms. The average Bonchev–Trinajstić information content (AvgIpc) is 3.41. The molecule has 164 valence electrons. The van der Waals surface area contributed by atoms with E-state index in [1.807, 2.05) is 12.1 Å². The fourth-order valence-electron chi connectivity index (χ4n) is 3.18. The Balaban J connectivity index is 1.71. The molecule has 0 bridgehead atoms. The average molecular weight is 459 g/mol. The molecule has 0 atom stereocenters. The van der Waals surface area contributed by atoms with Gasteiger partial charge in [0.15, 0.2) is 0 Å². The van der Waals surface area contributed by atoms with Crippen molar-refractivity contribution >= 4 is 38.9 Å². The first kappa shape index (κ1) is 21.5. The van der Waals surface area contributed by atoms with Gasteiger partial charge in [-0.1, -0.05) is 18.2 Å². The van der Waals surface area contributed by atoms with E-state index in [0.29, 0.717) is 5.56 Å². The molecule has 4 aromatic rings. The van der Waals surface area contributed by atoms with E-state index in [1.54, 1.807) is 17.5 Å². The summed E-state index contributed by atoms with van der Waals surface area (Å²) in [6, 6.07) is 9.59. The van der Waals surface area contributed by atoms with Crippen LogP contribution in [0.4, 0.5) is 18.9 Å². The monoisotopic (exact) mass is 459 g/mol. The van der Waals surface area contributed by atoms with Crippen LogP contribution >= 0.6 is 11.3 Å². The van der Waals surface area contributed by atoms with E-state index in [9.17, 15) is 22.8 Å². The van der Waals surface area contributed by atoms with Crippen molar-refractivity contribution in [2.45, 2.75) is 12.7 Å². The molecule has 0 saturated carbocycles. The number of fused-ring (bicyclic) bond motifs is 1. The molecule has 0 spiro atoms. The molecule has 0 radical (unpaired) electrons. The predicted octanol–water partition coefficient (Wildman–Crippen LogP) is 4.17. The molecule has 3 heterocycles. The quantitative estimate of drug-likeness (QED) is 0.469. The zero-order valence-electron chi connectivity index (χ0n) is 16.6. The maximum absolute atomic E-state index is 13.2. The van der Waals surface area contributed by atoms with Gasteiger partial charge in [-0.3, -0.25) is 19.3 Å². The van der Waals surface area contributed by atoms with Crippen molar-refractivity contribution in [2.24, 2.45) is 0 Å². The molecule has 0 fully saturated rings. The van der Waals surface area contributed by atoms with Gasteiger partial charge in [0.05, 0.1) is 29.1 Å². The van der Waals surface area contributed by atoms with Crippen LogP contribution in [0, 0.1) is 0 Å². The number of aromatic nitrogens is 3. The molecule has 2 amide bonds. The lowest BCUT2D eigenvalue weighted by atomic mass is 10.1. The van der Waals surface area contributed by atoms with E-state index in [4.69, 9.17) is 0 Å². The number of carbonyl (C=O) groups is 2. The normalized spacial score (nSPS) is 11.5. The van der Waals surface area contributed by atoms with Crippen LogP contribution in [0.5, 0.6) is 0 Å². The standard InChI is InChI=1S/C21H16F3N5O2S/c1-25-19(30)12-8-15(28-20(31)14-11-32-17-5-3-2-4-13(14)17)16(26-9-12)10-29-18(6-7-27-29)21(22,23)24/h2-9,11H,10H2,1H3,(H,25,30)(H,28,31). The van der Waals surface area contributed by atoms with Crippen molar-refractivity contribution in [1.29, 1.82) is 0 Å². The molecule has 2 N–H and O–H groups in total. The number of rotatable bonds is 5. The zero-order chi connectivity index (χ0) is 22.9. The van der Waals surface area contributed by atoms with Gasteiger partial charge in [0.25, 0.3) is 11.8 Å². The lowest BCUT2D eigenvalue weighted by molar-refractivity contribution is -0.144. The highest BCUT2D eigenvalue weighted by atomic mass is 32.1. The summed E-state index contributed by atoms with van der Waals surface area (Å²) < 4.78 is 41.4. The molecule has 0 aliphatic carbocycles. The lowest BCUT2D eigenvalue weighted by Gasteiger charge is -2.14. The molecule has 7 nitrogen and oxygen atoms in total. The van der Waals surface area contributed by atoms with Crippen LogP contribution < -0.4 is 10.6 Å². The fraction of sp³-hybridized carbons (Fsp3) is 0.143. The van der Waals surface area contributed by atoms with Gasteiger partial charge in [-0.15, -0.1) is 11.3 Å². The van der Waals surface area contributed by atoms with E-state index < -0.39 is 23.7 Å². The fourth-order valence-corrected chi connectivity index (χ4v) is 4.12. The molecular weight excluding hydrogens is 443 g/mol. The Bertz CT molecular complexity index is 1310. The number of nitrogens with one attached hydrogen (secondary N) is 2. The molecule has 1 aromatic carbocycles. The Kier molecular flexibility index (Phi) is 5.66. The minimum absolute atomic E-state index is 0.120. The first-order valence-corrected chi connectivity index (χ1v) is 10.2. The molecule has 0 aliphatic heterocycles. The van der Waals surface area contributed by atoms with Gasteiger partial charge < -0.3 is 10.6 Å². The van der Waals surface area contributed by atoms with Crippen molar-refractivity contribution in [3.8, 4) is 0 Å². The third kappa shape index (κ3) is 4.19. The summed E-state index contributed by atoms with van der Waals surface area (Å²) in [7, 11) is 1.44. The van der Waals surface area contributed by atoms with Crippen molar-refractivity contribution < 1.29 is 22.8 Å². The van der Waals surface area contributed by atoms with Crippen molar-refractivity contribution in [1.82, 2.24) is 20.1 Å². The number of anilines is 1. The predicted molar refractivity (Wildman–Crippen MR) is 114 cm³/mol. The SMILES string of the molecule is CNC(=O)c1cnc(Cn2nccc2C(F)(F)F)c(NC(=O)c2csc3ccccc23)c1. The lowest BCUT2D eigenvalue weighted by Crippen LogP contribution is -2.21. The number of pyridine rings is 1. The number of benzene rings is 1. The minimum atomic E-state index is -4.60. The van der Waals surface area contributed by atoms with Crippen LogP contribution in [-0.2, 0) is 12.7 Å². The molecule has 3 aromatic heterocycles. The number of amides is 2. The number of thiophene rings is 1. The Labute approximate surface area is 183 Å². The van der Waals surface area contributed by atoms with Gasteiger partial charge in [0, 0.05) is 34.9 Å². The number of halogens is 3. The van der Waals surface area contributed by atoms with E-state index in [0.717, 1.165) is 27.0 Å². The Hall–Kier alpha value is -3.73. The van der Waals surface area contributed by atoms with Gasteiger partial charge >= 0.3 is 6.18 Å². The highest BCUT2D eigenvalue weighted by Crippen LogP contribution is 2.30. The Morgan fingerprint density at radius 1 is 1.16 bits per heavy atom. The second-order valence-electron chi connectivity index (χ2n) is 6.77. The van der Waals surface area contributed by atoms with Gasteiger partial charge in [-0.25, -0.2) is 0 Å². The summed E-state index contributed by atoms with van der Waals surface area (Å²) in [6.45, 7) is -0.351. The number of carbonyl (C=O) groups excluding carboxylic acids is 2. The summed E-state index contributed by atoms with van der Waals surface area (Å²) >= 11 is 1.40. The number of alkyl halides is 3. The molecule has 4 rings (SSSR count). The number of nitrogens with zero attached hydrogens (tertiary/aromatic N) is 3. The van der Waals surface area contributed by atoms with Crippen molar-refractivity contribution in [2.75, 3.05) is 12.4 Å². The first-order chi connectivity index (χ1) is 15.3. The second kappa shape index (κ2) is 8.42. The van der Waals surface area contributed by atoms with Crippen LogP contribution in [-0.4, -0.2) is 33.6 Å². The Morgan fingerprint density at radius 2 is 1.94 bits per heavy atom. The molecule has 0 saturated heterocycles. The number of hydrogen-bond acceptors (Lipinski definition) is 5. The molecular formula is C21H16F3N5O2S. The Morgan fingerprint density at radius 3 is 2.69 bits per heavy atom. The van der Waals surface area contributed by atoms with Crippen molar-refractivity contribution in [3.63, 3.8) is 0 Å². The van der Waals surface area contributed by atoms with Crippen molar-refractivity contribution in [3.05, 3.63) is 76.7 Å². The van der Waals surface area contributed by atoms with Gasteiger partial charge in [0.1, 0.15) is 5.69 Å². The summed E-state index contributed by atoms with van der Waals surface area (Å²) in [4.78, 5) is 29.2. The zero-order valence-corrected chi connectivity index (χ0v) is 17.4. The smallest absolute Gasteiger partial charge is 0.355 e. The minimum Gasteiger partial charge on any atom is -0.355 e. The highest BCUT2D eigenvalue weighted by Gasteiger charge is 2.35. The third-order valence-electron chi connectivity index (χ3n) is 4.74. The van der Waals surface area contributed by atoms with Gasteiger partial charge in [-0.2, -0.15) is 18.3 Å². The topological polar surface area (TPSA) is 88.9 Å². The van der Waals surface area contributed by atoms with E-state index in [2.05, 4.69) is 20.7 Å². The van der Waals surface area contributed by atoms with Gasteiger partial charge in [-0.05, 0) is 18.2 Å². The third-order valence-corrected chi connectivity index (χ3v) is 5.70. The summed E-state index contributed by atoms with van der Waals surface area (Å²) in [5, 5.41) is 11.3. The van der Waals surface area contributed by atoms with Crippen LogP contribution in [0.15, 0.2) is 54.2 Å². The highest BCUT2D eigenvalue weighted by molar-refractivity contribution is 7.17. The van der Waals surface area contributed by atoms with Crippen LogP contribution in [0.1, 0.15) is 32.1 Å². The maximum Gasteiger partial charge on any atom is 0.433 e. The first-order valence-electron chi connectivity index (χ1n) is 9.35. The van der Waals surface area contributed by atoms with Crippen LogP contribution in [0.3, 0.4) is 0 Å². The maximum atomic E-state index is 13.2. The van der Waals surface area contributed by atoms with Gasteiger partial charge in [0.2, 0.25) is 0 Å².